The molecule has 3 aromatic rings. The molecule has 0 aromatic heterocycles. The van der Waals surface area contributed by atoms with Crippen LogP contribution in [0.3, 0.4) is 0 Å². The van der Waals surface area contributed by atoms with Crippen molar-refractivity contribution in [3.8, 4) is 17.2 Å². The molecule has 0 aliphatic rings. The van der Waals surface area contributed by atoms with Gasteiger partial charge in [0.2, 0.25) is 0 Å². The van der Waals surface area contributed by atoms with E-state index in [0.717, 1.165) is 17.2 Å². The molecule has 0 bridgehead atoms. The van der Waals surface area contributed by atoms with Gasteiger partial charge in [-0.05, 0) is 36.4 Å². The van der Waals surface area contributed by atoms with Gasteiger partial charge in [0.05, 0.1) is 0 Å². The van der Waals surface area contributed by atoms with Gasteiger partial charge in [-0.25, -0.2) is 0 Å². The van der Waals surface area contributed by atoms with E-state index in [4.69, 9.17) is 13.6 Å². The molecule has 0 saturated carbocycles. The van der Waals surface area contributed by atoms with E-state index in [-0.39, 0.29) is 0 Å². The maximum Gasteiger partial charge on any atom is 0.538 e. The molecule has 17 heteroatoms. The smallest absolute Gasteiger partial charge is 0.538 e. The average molecular weight is 626 g/mol. The van der Waals surface area contributed by atoms with Crippen LogP contribution in [0.5, 0.6) is 17.2 Å². The van der Waals surface area contributed by atoms with Crippen LogP contribution < -0.4 is 18.5 Å². The summed E-state index contributed by atoms with van der Waals surface area (Å²) in [5.74, 6) is 2.15. The molecular weight excluding hydrogens is 608 g/mol. The monoisotopic (exact) mass is 626 g/mol. The summed E-state index contributed by atoms with van der Waals surface area (Å²) in [4.78, 5) is 10.1. The minimum absolute atomic E-state index is 0.718. The Kier molecular flexibility index (Phi) is 10.2. The van der Waals surface area contributed by atoms with Crippen molar-refractivity contribution in [1.29, 1.82) is 0 Å². The van der Waals surface area contributed by atoms with E-state index in [1.165, 1.54) is 0 Å². The van der Waals surface area contributed by atoms with E-state index in [1.807, 2.05) is 97.7 Å². The molecule has 0 atom stereocenters. The van der Waals surface area contributed by atoms with Crippen molar-refractivity contribution in [3.05, 3.63) is 91.0 Å². The molecule has 3 rings (SSSR count). The van der Waals surface area contributed by atoms with Gasteiger partial charge >= 0.3 is 31.6 Å². The van der Waals surface area contributed by atoms with Crippen molar-refractivity contribution >= 4 is 15.3 Å². The van der Waals surface area contributed by atoms with Gasteiger partial charge in [-0.1, -0.05) is 54.6 Å². The Hall–Kier alpha value is -3.02. The van der Waals surface area contributed by atoms with Crippen LogP contribution in [0.2, 0.25) is 0 Å². The first-order valence-corrected chi connectivity index (χ1v) is 14.2. The van der Waals surface area contributed by atoms with E-state index >= 15 is 0 Å². The van der Waals surface area contributed by atoms with E-state index in [1.54, 1.807) is 0 Å². The highest BCUT2D eigenvalue weighted by atomic mass is 31.2. The largest absolute Gasteiger partial charge is 0.790 e. The zero-order valence-corrected chi connectivity index (χ0v) is 21.7. The number of hydrogen-bond acceptors (Lipinski definition) is 5. The number of hydrogen-bond donors (Lipinski definition) is 0. The summed E-state index contributed by atoms with van der Waals surface area (Å²) in [5.41, 5.74) is -14.4. The lowest BCUT2D eigenvalue weighted by Crippen LogP contribution is -2.50. The molecule has 0 N–H and O–H groups in total. The standard InChI is InChI=1S/C19H18O3P.C4HF10O2P/c1-23(20-17-11-5-2-6-12-17,21-18-13-7-3-8-14-18)22-19-15-9-4-10-16-19;5-1(6,7)3(11,12)17(15,16)4(13,14)2(8,9)10/h2-16H,1H3;(H,15,16)/q+1;/p-1. The minimum Gasteiger partial charge on any atom is -0.790 e. The van der Waals surface area contributed by atoms with Crippen LogP contribution in [-0.4, -0.2) is 30.3 Å². The van der Waals surface area contributed by atoms with Crippen molar-refractivity contribution in [3.63, 3.8) is 0 Å². The summed E-state index contributed by atoms with van der Waals surface area (Å²) < 4.78 is 145. The number of halogens is 10. The molecule has 0 amide bonds. The first kappa shape index (κ1) is 33.2. The Labute approximate surface area is 221 Å². The Balaban J connectivity index is 0.000000296. The molecule has 0 spiro atoms. The van der Waals surface area contributed by atoms with Gasteiger partial charge in [-0.15, -0.1) is 0 Å². The molecule has 5 nitrogen and oxygen atoms in total. The van der Waals surface area contributed by atoms with E-state index < -0.39 is 39.0 Å². The second-order valence-electron chi connectivity index (χ2n) is 7.61. The second-order valence-corrected chi connectivity index (χ2v) is 11.9. The van der Waals surface area contributed by atoms with Crippen molar-refractivity contribution in [1.82, 2.24) is 0 Å². The molecule has 0 aliphatic carbocycles. The number of alkyl halides is 10. The van der Waals surface area contributed by atoms with Crippen molar-refractivity contribution < 1.29 is 66.9 Å². The maximum absolute atomic E-state index is 12.1. The molecule has 0 heterocycles. The van der Waals surface area contributed by atoms with Gasteiger partial charge in [0, 0.05) is 0 Å². The summed E-state index contributed by atoms with van der Waals surface area (Å²) in [7, 11) is -11.1. The van der Waals surface area contributed by atoms with Crippen LogP contribution in [0.25, 0.3) is 0 Å². The molecule has 3 aromatic carbocycles. The fourth-order valence-electron chi connectivity index (χ4n) is 2.58. The summed E-state index contributed by atoms with van der Waals surface area (Å²) in [6, 6.07) is 28.7. The molecular formula is C23H18F10O5P2. The number of para-hydroxylation sites is 3. The van der Waals surface area contributed by atoms with E-state index in [2.05, 4.69) is 0 Å². The van der Waals surface area contributed by atoms with E-state index in [9.17, 15) is 53.4 Å². The lowest BCUT2D eigenvalue weighted by Gasteiger charge is -2.38. The maximum atomic E-state index is 12.1. The predicted molar refractivity (Wildman–Crippen MR) is 124 cm³/mol. The van der Waals surface area contributed by atoms with Crippen LogP contribution in [0.4, 0.5) is 43.9 Å². The van der Waals surface area contributed by atoms with Crippen molar-refractivity contribution in [2.24, 2.45) is 0 Å². The Morgan fingerprint density at radius 1 is 0.550 bits per heavy atom. The van der Waals surface area contributed by atoms with Gasteiger partial charge in [0.15, 0.2) is 31.3 Å². The van der Waals surface area contributed by atoms with Gasteiger partial charge < -0.3 is 9.46 Å². The first-order chi connectivity index (χ1) is 18.2. The second kappa shape index (κ2) is 12.2. The van der Waals surface area contributed by atoms with Crippen LogP contribution in [0.15, 0.2) is 91.0 Å². The molecule has 40 heavy (non-hydrogen) atoms. The van der Waals surface area contributed by atoms with Crippen LogP contribution in [0, 0.1) is 0 Å². The SMILES string of the molecule is C[P+](Oc1ccccc1)(Oc1ccccc1)Oc1ccccc1.O=P([O-])(C(F)(F)C(F)(F)F)C(F)(F)C(F)(F)F. The van der Waals surface area contributed by atoms with Gasteiger partial charge in [-0.2, -0.15) is 43.9 Å². The highest BCUT2D eigenvalue weighted by Crippen LogP contribution is 2.72. The third-order valence-electron chi connectivity index (χ3n) is 4.46. The number of rotatable bonds is 8. The summed E-state index contributed by atoms with van der Waals surface area (Å²) >= 11 is 0. The molecule has 0 fully saturated rings. The highest BCUT2D eigenvalue weighted by molar-refractivity contribution is 7.62. The minimum atomic E-state index is -8.51. The zero-order chi connectivity index (χ0) is 30.5. The van der Waals surface area contributed by atoms with Gasteiger partial charge in [0.25, 0.3) is 0 Å². The van der Waals surface area contributed by atoms with Crippen LogP contribution >= 0.6 is 15.3 Å². The van der Waals surface area contributed by atoms with Crippen molar-refractivity contribution in [2.75, 3.05) is 6.66 Å². The zero-order valence-electron chi connectivity index (χ0n) is 19.9. The lowest BCUT2D eigenvalue weighted by atomic mass is 10.3. The molecule has 0 unspecified atom stereocenters. The summed E-state index contributed by atoms with van der Waals surface area (Å²) in [6.07, 6.45) is -14.2. The normalized spacial score (nSPS) is 13.1. The van der Waals surface area contributed by atoms with Crippen molar-refractivity contribution in [2.45, 2.75) is 23.7 Å². The fourth-order valence-corrected chi connectivity index (χ4v) is 5.23. The van der Waals surface area contributed by atoms with E-state index in [0.29, 0.717) is 0 Å². The molecule has 0 radical (unpaired) electrons. The summed E-state index contributed by atoms with van der Waals surface area (Å²) in [5, 5.41) is 0. The van der Waals surface area contributed by atoms with Gasteiger partial charge in [0.1, 0.15) is 0 Å². The number of benzene rings is 3. The van der Waals surface area contributed by atoms with Gasteiger partial charge in [-0.3, -0.25) is 13.6 Å². The molecule has 0 aliphatic heterocycles. The van der Waals surface area contributed by atoms with Crippen LogP contribution in [-0.2, 0) is 4.57 Å². The lowest BCUT2D eigenvalue weighted by molar-refractivity contribution is -0.312. The quantitative estimate of drug-likeness (QED) is 0.185. The predicted octanol–water partition coefficient (Wildman–Crippen LogP) is 8.55. The molecule has 0 saturated heterocycles. The third-order valence-corrected chi connectivity index (χ3v) is 8.08. The fraction of sp³-hybridized carbons (Fsp3) is 0.217. The Morgan fingerprint density at radius 3 is 0.975 bits per heavy atom. The molecule has 220 valence electrons. The average Bonchev–Trinajstić information content (AvgIpc) is 2.84. The summed E-state index contributed by atoms with van der Waals surface area (Å²) in [6.45, 7) is 1.86. The first-order valence-electron chi connectivity index (χ1n) is 10.5. The third kappa shape index (κ3) is 7.80. The highest BCUT2D eigenvalue weighted by Gasteiger charge is 2.78. The Bertz CT molecular complexity index is 1130. The van der Waals surface area contributed by atoms with Crippen LogP contribution in [0.1, 0.15) is 0 Å². The topological polar surface area (TPSA) is 67.8 Å². The Morgan fingerprint density at radius 2 is 0.775 bits per heavy atom.